The van der Waals surface area contributed by atoms with Crippen LogP contribution < -0.4 is 10.5 Å². The zero-order chi connectivity index (χ0) is 19.7. The minimum Gasteiger partial charge on any atom is -0.465 e. The third-order valence-electron chi connectivity index (χ3n) is 5.73. The molecule has 10 nitrogen and oxygen atoms in total. The van der Waals surface area contributed by atoms with E-state index in [1.807, 2.05) is 0 Å². The summed E-state index contributed by atoms with van der Waals surface area (Å²) in [5.41, 5.74) is 6.61. The van der Waals surface area contributed by atoms with E-state index in [-0.39, 0.29) is 11.8 Å². The molecule has 5 N–H and O–H groups in total. The number of nitrogen functional groups attached to an aromatic ring is 1. The lowest BCUT2D eigenvalue weighted by atomic mass is 9.87. The van der Waals surface area contributed by atoms with Crippen molar-refractivity contribution in [3.63, 3.8) is 0 Å². The predicted molar refractivity (Wildman–Crippen MR) is 99.4 cm³/mol. The maximum atomic E-state index is 10.4. The van der Waals surface area contributed by atoms with E-state index >= 15 is 0 Å². The van der Waals surface area contributed by atoms with Crippen LogP contribution in [0.5, 0.6) is 6.01 Å². The van der Waals surface area contributed by atoms with E-state index < -0.39 is 31.1 Å². The molecular weight excluding hydrogens is 366 g/mol. The number of aromatic nitrogens is 4. The first-order valence-electron chi connectivity index (χ1n) is 9.83. The van der Waals surface area contributed by atoms with Gasteiger partial charge in [-0.3, -0.25) is 0 Å². The Bertz CT molecular complexity index is 809. The van der Waals surface area contributed by atoms with Crippen molar-refractivity contribution in [1.29, 1.82) is 0 Å². The minimum absolute atomic E-state index is 0.188. The molecule has 4 atom stereocenters. The fourth-order valence-electron chi connectivity index (χ4n) is 4.12. The fraction of sp³-hybridized carbons (Fsp3) is 0.722. The second kappa shape index (κ2) is 8.16. The maximum Gasteiger partial charge on any atom is 0.301 e. The van der Waals surface area contributed by atoms with Gasteiger partial charge in [-0.25, -0.2) is 14.5 Å². The second-order valence-electron chi connectivity index (χ2n) is 7.57. The maximum absolute atomic E-state index is 10.4. The highest BCUT2D eigenvalue weighted by molar-refractivity contribution is 5.82. The first-order chi connectivity index (χ1) is 13.6. The summed E-state index contributed by atoms with van der Waals surface area (Å²) in [6, 6.07) is 0.202. The molecule has 0 spiro atoms. The van der Waals surface area contributed by atoms with E-state index in [9.17, 15) is 15.3 Å². The third kappa shape index (κ3) is 3.52. The van der Waals surface area contributed by atoms with Gasteiger partial charge in [-0.05, 0) is 12.3 Å². The number of nitrogens with zero attached hydrogens (tertiary/aromatic N) is 4. The number of aliphatic hydroxyl groups is 3. The molecule has 1 saturated carbocycles. The highest BCUT2D eigenvalue weighted by Gasteiger charge is 2.45. The fourth-order valence-corrected chi connectivity index (χ4v) is 4.12. The van der Waals surface area contributed by atoms with Crippen LogP contribution in [0.2, 0.25) is 0 Å². The lowest BCUT2D eigenvalue weighted by Gasteiger charge is -2.22. The molecule has 28 heavy (non-hydrogen) atoms. The SMILES string of the molecule is Nc1ncnc2c1nc(OCCC1CCCCC1)n2[C@@H]1O[C@H](CO)C(O)C1O. The van der Waals surface area contributed by atoms with Gasteiger partial charge in [0.2, 0.25) is 0 Å². The quantitative estimate of drug-likeness (QED) is 0.546. The standard InChI is InChI=1S/C18H27N5O5/c19-15-12-16(21-9-20-15)23(17-14(26)13(25)11(8-24)28-17)18(22-12)27-7-6-10-4-2-1-3-5-10/h9-11,13-14,17,24-26H,1-8H2,(H2,19,20,21)/t11-,13?,14?,17-/m1/s1. The van der Waals surface area contributed by atoms with E-state index in [1.54, 1.807) is 0 Å². The number of hydrogen-bond donors (Lipinski definition) is 4. The van der Waals surface area contributed by atoms with Gasteiger partial charge in [0.25, 0.3) is 0 Å². The molecule has 1 aliphatic carbocycles. The van der Waals surface area contributed by atoms with Crippen molar-refractivity contribution < 1.29 is 24.8 Å². The van der Waals surface area contributed by atoms with Crippen LogP contribution in [0.1, 0.15) is 44.8 Å². The number of nitrogens with two attached hydrogens (primary N) is 1. The van der Waals surface area contributed by atoms with Crippen LogP contribution in [0.3, 0.4) is 0 Å². The normalized spacial score (nSPS) is 28.8. The summed E-state index contributed by atoms with van der Waals surface area (Å²) < 4.78 is 13.1. The minimum atomic E-state index is -1.27. The van der Waals surface area contributed by atoms with Crippen LogP contribution >= 0.6 is 0 Å². The highest BCUT2D eigenvalue weighted by atomic mass is 16.6. The average molecular weight is 393 g/mol. The Hall–Kier alpha value is -2.01. The number of rotatable bonds is 6. The van der Waals surface area contributed by atoms with Crippen molar-refractivity contribution in [3.8, 4) is 6.01 Å². The Morgan fingerprint density at radius 3 is 2.68 bits per heavy atom. The molecular formula is C18H27N5O5. The molecule has 1 aliphatic heterocycles. The third-order valence-corrected chi connectivity index (χ3v) is 5.73. The van der Waals surface area contributed by atoms with Crippen molar-refractivity contribution in [2.24, 2.45) is 5.92 Å². The van der Waals surface area contributed by atoms with Gasteiger partial charge in [0, 0.05) is 0 Å². The smallest absolute Gasteiger partial charge is 0.301 e. The lowest BCUT2D eigenvalue weighted by Crippen LogP contribution is -2.33. The van der Waals surface area contributed by atoms with Crippen molar-refractivity contribution in [2.75, 3.05) is 18.9 Å². The summed E-state index contributed by atoms with van der Waals surface area (Å²) in [6.45, 7) is 0.0481. The first kappa shape index (κ1) is 19.3. The molecule has 2 unspecified atom stereocenters. The van der Waals surface area contributed by atoms with Crippen LogP contribution in [0.25, 0.3) is 11.2 Å². The second-order valence-corrected chi connectivity index (χ2v) is 7.57. The average Bonchev–Trinajstić information content (AvgIpc) is 3.21. The van der Waals surface area contributed by atoms with Crippen LogP contribution in [-0.2, 0) is 4.74 Å². The van der Waals surface area contributed by atoms with Crippen LogP contribution in [0.15, 0.2) is 6.33 Å². The molecule has 154 valence electrons. The van der Waals surface area contributed by atoms with Gasteiger partial charge in [-0.15, -0.1) is 0 Å². The Balaban J connectivity index is 1.60. The van der Waals surface area contributed by atoms with Gasteiger partial charge < -0.3 is 30.5 Å². The van der Waals surface area contributed by atoms with Crippen molar-refractivity contribution in [1.82, 2.24) is 19.5 Å². The molecule has 4 rings (SSSR count). The van der Waals surface area contributed by atoms with E-state index in [0.29, 0.717) is 23.7 Å². The number of fused-ring (bicyclic) bond motifs is 1. The van der Waals surface area contributed by atoms with E-state index in [1.165, 1.54) is 43.0 Å². The topological polar surface area (TPSA) is 149 Å². The van der Waals surface area contributed by atoms with Gasteiger partial charge in [0.15, 0.2) is 23.2 Å². The molecule has 0 amide bonds. The number of ether oxygens (including phenoxy) is 2. The molecule has 0 radical (unpaired) electrons. The predicted octanol–water partition coefficient (Wildman–Crippen LogP) is 0.369. The van der Waals surface area contributed by atoms with Crippen molar-refractivity contribution in [3.05, 3.63) is 6.33 Å². The Morgan fingerprint density at radius 2 is 1.96 bits per heavy atom. The Labute approximate surface area is 162 Å². The number of anilines is 1. The van der Waals surface area contributed by atoms with Gasteiger partial charge in [-0.2, -0.15) is 4.98 Å². The molecule has 2 aliphatic rings. The Morgan fingerprint density at radius 1 is 1.18 bits per heavy atom. The molecule has 0 aromatic carbocycles. The molecule has 2 aromatic rings. The van der Waals surface area contributed by atoms with Gasteiger partial charge >= 0.3 is 6.01 Å². The highest BCUT2D eigenvalue weighted by Crippen LogP contribution is 2.36. The van der Waals surface area contributed by atoms with Crippen LogP contribution in [0.4, 0.5) is 5.82 Å². The van der Waals surface area contributed by atoms with Crippen LogP contribution in [0, 0.1) is 5.92 Å². The first-order valence-corrected chi connectivity index (χ1v) is 9.83. The van der Waals surface area contributed by atoms with Crippen molar-refractivity contribution in [2.45, 2.75) is 63.1 Å². The van der Waals surface area contributed by atoms with Gasteiger partial charge in [0.1, 0.15) is 24.6 Å². The van der Waals surface area contributed by atoms with Gasteiger partial charge in [-0.1, -0.05) is 32.1 Å². The van der Waals surface area contributed by atoms with Crippen molar-refractivity contribution >= 4 is 17.0 Å². The summed E-state index contributed by atoms with van der Waals surface area (Å²) in [5, 5.41) is 30.0. The van der Waals surface area contributed by atoms with E-state index in [4.69, 9.17) is 15.2 Å². The summed E-state index contributed by atoms with van der Waals surface area (Å²) in [7, 11) is 0. The number of hydrogen-bond acceptors (Lipinski definition) is 9. The molecule has 3 heterocycles. The Kier molecular flexibility index (Phi) is 5.63. The zero-order valence-electron chi connectivity index (χ0n) is 15.6. The molecule has 10 heteroatoms. The summed E-state index contributed by atoms with van der Waals surface area (Å²) in [5.74, 6) is 0.831. The number of aliphatic hydroxyl groups excluding tert-OH is 3. The van der Waals surface area contributed by atoms with Crippen LogP contribution in [-0.4, -0.2) is 66.4 Å². The molecule has 2 fully saturated rings. The molecule has 2 aromatic heterocycles. The lowest BCUT2D eigenvalue weighted by molar-refractivity contribution is -0.0544. The van der Waals surface area contributed by atoms with Gasteiger partial charge in [0.05, 0.1) is 13.2 Å². The zero-order valence-corrected chi connectivity index (χ0v) is 15.6. The number of imidazole rings is 1. The molecule has 0 bridgehead atoms. The summed E-state index contributed by atoms with van der Waals surface area (Å²) in [6.07, 6.45) is 4.05. The molecule has 1 saturated heterocycles. The summed E-state index contributed by atoms with van der Waals surface area (Å²) in [4.78, 5) is 12.6. The van der Waals surface area contributed by atoms with E-state index in [2.05, 4.69) is 15.0 Å². The summed E-state index contributed by atoms with van der Waals surface area (Å²) >= 11 is 0. The monoisotopic (exact) mass is 393 g/mol. The van der Waals surface area contributed by atoms with E-state index in [0.717, 1.165) is 6.42 Å². The largest absolute Gasteiger partial charge is 0.465 e.